The summed E-state index contributed by atoms with van der Waals surface area (Å²) < 4.78 is 7.46. The molecule has 1 aromatic heterocycles. The summed E-state index contributed by atoms with van der Waals surface area (Å²) in [6.07, 6.45) is 2.56. The normalized spacial score (nSPS) is 11.7. The van der Waals surface area contributed by atoms with Crippen molar-refractivity contribution in [3.05, 3.63) is 96.2 Å². The van der Waals surface area contributed by atoms with Gasteiger partial charge in [0, 0.05) is 37.6 Å². The Balaban J connectivity index is 1.58. The van der Waals surface area contributed by atoms with E-state index in [0.717, 1.165) is 22.0 Å². The molecule has 4 rings (SSSR count). The summed E-state index contributed by atoms with van der Waals surface area (Å²) in [5.74, 6) is 0.192. The number of nitrogens with one attached hydrogen (secondary N) is 1. The number of fused-ring (bicyclic) bond motifs is 1. The van der Waals surface area contributed by atoms with Crippen molar-refractivity contribution in [1.82, 2.24) is 9.88 Å². The second-order valence-electron chi connectivity index (χ2n) is 8.33. The van der Waals surface area contributed by atoms with E-state index in [0.29, 0.717) is 17.9 Å². The molecule has 1 atom stereocenters. The summed E-state index contributed by atoms with van der Waals surface area (Å²) in [6.45, 7) is 0. The van der Waals surface area contributed by atoms with Gasteiger partial charge in [0.05, 0.1) is 19.2 Å². The summed E-state index contributed by atoms with van der Waals surface area (Å²) in [4.78, 5) is 28.3. The van der Waals surface area contributed by atoms with E-state index in [1.807, 2.05) is 96.7 Å². The molecule has 174 valence electrons. The summed E-state index contributed by atoms with van der Waals surface area (Å²) in [5, 5.41) is 4.03. The molecule has 0 fully saturated rings. The van der Waals surface area contributed by atoms with E-state index in [4.69, 9.17) is 4.74 Å². The first-order chi connectivity index (χ1) is 16.5. The Labute approximate surface area is 199 Å². The zero-order valence-corrected chi connectivity index (χ0v) is 19.7. The van der Waals surface area contributed by atoms with Crippen molar-refractivity contribution in [2.45, 2.75) is 18.9 Å². The summed E-state index contributed by atoms with van der Waals surface area (Å²) in [5.41, 5.74) is 3.62. The lowest BCUT2D eigenvalue weighted by atomic mass is 10.0. The molecule has 0 bridgehead atoms. The standard InChI is InChI=1S/C28H29N3O3/c1-30-17-16-22-21(12-9-14-24(22)30)19-27(32)29-23(18-20-10-5-4-6-11-20)28(33)31(2)25-13-7-8-15-26(25)34-3/h4-17,23H,18-19H2,1-3H3,(H,29,32)/t23-/m0/s1. The highest BCUT2D eigenvalue weighted by atomic mass is 16.5. The van der Waals surface area contributed by atoms with Gasteiger partial charge in [-0.2, -0.15) is 0 Å². The van der Waals surface area contributed by atoms with Crippen LogP contribution in [0.2, 0.25) is 0 Å². The van der Waals surface area contributed by atoms with Gasteiger partial charge < -0.3 is 19.5 Å². The summed E-state index contributed by atoms with van der Waals surface area (Å²) in [7, 11) is 5.26. The second-order valence-corrected chi connectivity index (χ2v) is 8.33. The van der Waals surface area contributed by atoms with Crippen LogP contribution in [-0.4, -0.2) is 36.6 Å². The fraction of sp³-hybridized carbons (Fsp3) is 0.214. The van der Waals surface area contributed by atoms with Crippen molar-refractivity contribution in [2.75, 3.05) is 19.1 Å². The van der Waals surface area contributed by atoms with E-state index in [1.54, 1.807) is 19.1 Å². The third kappa shape index (κ3) is 4.96. The van der Waals surface area contributed by atoms with Crippen molar-refractivity contribution in [2.24, 2.45) is 7.05 Å². The van der Waals surface area contributed by atoms with Crippen LogP contribution in [0.15, 0.2) is 85.1 Å². The van der Waals surface area contributed by atoms with Gasteiger partial charge in [-0.15, -0.1) is 0 Å². The van der Waals surface area contributed by atoms with Gasteiger partial charge in [0.2, 0.25) is 11.8 Å². The molecule has 0 aliphatic rings. The van der Waals surface area contributed by atoms with Gasteiger partial charge in [0.15, 0.2) is 0 Å². The Morgan fingerprint density at radius 2 is 1.71 bits per heavy atom. The van der Waals surface area contributed by atoms with E-state index in [2.05, 4.69) is 5.32 Å². The number of benzene rings is 3. The maximum atomic E-state index is 13.6. The molecular formula is C28H29N3O3. The van der Waals surface area contributed by atoms with Crippen molar-refractivity contribution in [3.8, 4) is 5.75 Å². The number of likely N-dealkylation sites (N-methyl/N-ethyl adjacent to an activating group) is 1. The van der Waals surface area contributed by atoms with Crippen LogP contribution in [0.25, 0.3) is 10.9 Å². The van der Waals surface area contributed by atoms with E-state index >= 15 is 0 Å². The van der Waals surface area contributed by atoms with Gasteiger partial charge in [-0.25, -0.2) is 0 Å². The number of carbonyl (C=O) groups is 2. The van der Waals surface area contributed by atoms with Crippen LogP contribution < -0.4 is 15.0 Å². The Morgan fingerprint density at radius 1 is 0.971 bits per heavy atom. The van der Waals surface area contributed by atoms with E-state index in [9.17, 15) is 9.59 Å². The monoisotopic (exact) mass is 455 g/mol. The molecule has 3 aromatic carbocycles. The highest BCUT2D eigenvalue weighted by molar-refractivity contribution is 6.00. The lowest BCUT2D eigenvalue weighted by Crippen LogP contribution is -2.49. The van der Waals surface area contributed by atoms with Crippen LogP contribution in [0.4, 0.5) is 5.69 Å². The quantitative estimate of drug-likeness (QED) is 0.435. The number of aryl methyl sites for hydroxylation is 1. The molecule has 6 heteroatoms. The number of carbonyl (C=O) groups excluding carboxylic acids is 2. The summed E-state index contributed by atoms with van der Waals surface area (Å²) >= 11 is 0. The van der Waals surface area contributed by atoms with Crippen molar-refractivity contribution in [3.63, 3.8) is 0 Å². The molecule has 0 unspecified atom stereocenters. The average Bonchev–Trinajstić information content (AvgIpc) is 3.25. The number of rotatable bonds is 8. The smallest absolute Gasteiger partial charge is 0.249 e. The van der Waals surface area contributed by atoms with Gasteiger partial charge in [0.25, 0.3) is 0 Å². The number of para-hydroxylation sites is 2. The van der Waals surface area contributed by atoms with Gasteiger partial charge >= 0.3 is 0 Å². The van der Waals surface area contributed by atoms with Crippen LogP contribution in [0.3, 0.4) is 0 Å². The van der Waals surface area contributed by atoms with Gasteiger partial charge in [0.1, 0.15) is 11.8 Å². The van der Waals surface area contributed by atoms with Gasteiger partial charge in [-0.3, -0.25) is 9.59 Å². The van der Waals surface area contributed by atoms with Crippen molar-refractivity contribution >= 4 is 28.4 Å². The number of nitrogens with zero attached hydrogens (tertiary/aromatic N) is 2. The van der Waals surface area contributed by atoms with Crippen molar-refractivity contribution in [1.29, 1.82) is 0 Å². The Morgan fingerprint density at radius 3 is 2.47 bits per heavy atom. The molecule has 0 spiro atoms. The lowest BCUT2D eigenvalue weighted by molar-refractivity contribution is -0.127. The van der Waals surface area contributed by atoms with Crippen LogP contribution in [0, 0.1) is 0 Å². The van der Waals surface area contributed by atoms with Crippen LogP contribution in [0.5, 0.6) is 5.75 Å². The van der Waals surface area contributed by atoms with Crippen LogP contribution in [-0.2, 0) is 29.5 Å². The molecule has 0 saturated heterocycles. The number of methoxy groups -OCH3 is 1. The second kappa shape index (κ2) is 10.3. The number of hydrogen-bond donors (Lipinski definition) is 1. The molecule has 0 saturated carbocycles. The fourth-order valence-corrected chi connectivity index (χ4v) is 4.25. The minimum atomic E-state index is -0.722. The topological polar surface area (TPSA) is 63.6 Å². The molecule has 4 aromatic rings. The molecule has 2 amide bonds. The maximum absolute atomic E-state index is 13.6. The first kappa shape index (κ1) is 23.1. The number of ether oxygens (including phenoxy) is 1. The number of hydrogen-bond acceptors (Lipinski definition) is 3. The third-order valence-corrected chi connectivity index (χ3v) is 6.06. The molecule has 1 heterocycles. The Kier molecular flexibility index (Phi) is 6.97. The summed E-state index contributed by atoms with van der Waals surface area (Å²) in [6, 6.07) is 24.3. The van der Waals surface area contributed by atoms with E-state index in [-0.39, 0.29) is 18.2 Å². The molecule has 34 heavy (non-hydrogen) atoms. The highest BCUT2D eigenvalue weighted by Gasteiger charge is 2.27. The predicted octanol–water partition coefficient (Wildman–Crippen LogP) is 4.12. The Bertz CT molecular complexity index is 1300. The average molecular weight is 456 g/mol. The van der Waals surface area contributed by atoms with Crippen LogP contribution in [0.1, 0.15) is 11.1 Å². The van der Waals surface area contributed by atoms with Crippen LogP contribution >= 0.6 is 0 Å². The number of anilines is 1. The Hall–Kier alpha value is -4.06. The minimum Gasteiger partial charge on any atom is -0.495 e. The lowest BCUT2D eigenvalue weighted by Gasteiger charge is -2.26. The first-order valence-corrected chi connectivity index (χ1v) is 11.2. The predicted molar refractivity (Wildman–Crippen MR) is 135 cm³/mol. The highest BCUT2D eigenvalue weighted by Crippen LogP contribution is 2.27. The molecule has 6 nitrogen and oxygen atoms in total. The largest absolute Gasteiger partial charge is 0.495 e. The molecule has 0 aliphatic heterocycles. The zero-order chi connectivity index (χ0) is 24.1. The van der Waals surface area contributed by atoms with Gasteiger partial charge in [-0.05, 0) is 35.4 Å². The molecular weight excluding hydrogens is 426 g/mol. The zero-order valence-electron chi connectivity index (χ0n) is 19.7. The number of amides is 2. The van der Waals surface area contributed by atoms with E-state index < -0.39 is 6.04 Å². The SMILES string of the molecule is COc1ccccc1N(C)C(=O)[C@H](Cc1ccccc1)NC(=O)Cc1cccc2c1ccn2C. The van der Waals surface area contributed by atoms with Crippen molar-refractivity contribution < 1.29 is 14.3 Å². The minimum absolute atomic E-state index is 0.193. The van der Waals surface area contributed by atoms with E-state index in [1.165, 1.54) is 0 Å². The maximum Gasteiger partial charge on any atom is 0.249 e. The third-order valence-electron chi connectivity index (χ3n) is 6.06. The molecule has 1 N–H and O–H groups in total. The van der Waals surface area contributed by atoms with Gasteiger partial charge in [-0.1, -0.05) is 54.6 Å². The molecule has 0 aliphatic carbocycles. The fourth-order valence-electron chi connectivity index (χ4n) is 4.25. The number of aromatic nitrogens is 1. The first-order valence-electron chi connectivity index (χ1n) is 11.2. The molecule has 0 radical (unpaired) electrons.